The fourth-order valence-corrected chi connectivity index (χ4v) is 2.72. The Morgan fingerprint density at radius 2 is 2.24 bits per heavy atom. The number of benzene rings is 1. The first-order chi connectivity index (χ1) is 10.1. The molecular formula is C16H18ClNO2S. The summed E-state index contributed by atoms with van der Waals surface area (Å²) in [5, 5.41) is 5.42. The predicted octanol–water partition coefficient (Wildman–Crippen LogP) is 3.84. The summed E-state index contributed by atoms with van der Waals surface area (Å²) < 4.78 is 5.63. The quantitative estimate of drug-likeness (QED) is 0.877. The Morgan fingerprint density at radius 1 is 1.43 bits per heavy atom. The molecule has 0 spiro atoms. The third-order valence-corrected chi connectivity index (χ3v) is 4.26. The van der Waals surface area contributed by atoms with Crippen molar-refractivity contribution in [3.8, 4) is 5.75 Å². The molecule has 2 rings (SSSR count). The highest BCUT2D eigenvalue weighted by Gasteiger charge is 2.15. The Labute approximate surface area is 133 Å². The van der Waals surface area contributed by atoms with E-state index in [0.717, 1.165) is 12.0 Å². The molecule has 1 heterocycles. The van der Waals surface area contributed by atoms with Gasteiger partial charge in [0.1, 0.15) is 5.75 Å². The van der Waals surface area contributed by atoms with Crippen molar-refractivity contribution in [3.63, 3.8) is 0 Å². The molecule has 21 heavy (non-hydrogen) atoms. The van der Waals surface area contributed by atoms with Crippen LogP contribution >= 0.6 is 22.9 Å². The molecule has 2 aromatic rings. The highest BCUT2D eigenvalue weighted by molar-refractivity contribution is 7.09. The van der Waals surface area contributed by atoms with E-state index in [0.29, 0.717) is 17.3 Å². The molecule has 1 aromatic heterocycles. The van der Waals surface area contributed by atoms with Crippen LogP contribution in [0.4, 0.5) is 0 Å². The van der Waals surface area contributed by atoms with Crippen molar-refractivity contribution in [3.05, 3.63) is 51.2 Å². The van der Waals surface area contributed by atoms with Crippen molar-refractivity contribution < 1.29 is 9.53 Å². The van der Waals surface area contributed by atoms with Gasteiger partial charge in [0.25, 0.3) is 5.91 Å². The average Bonchev–Trinajstić information content (AvgIpc) is 2.96. The molecule has 0 fully saturated rings. The third kappa shape index (κ3) is 4.76. The molecular weight excluding hydrogens is 306 g/mol. The Hall–Kier alpha value is -1.52. The van der Waals surface area contributed by atoms with Gasteiger partial charge in [0.05, 0.1) is 5.02 Å². The Balaban J connectivity index is 1.83. The van der Waals surface area contributed by atoms with Crippen molar-refractivity contribution in [1.82, 2.24) is 5.32 Å². The van der Waals surface area contributed by atoms with Gasteiger partial charge in [0.2, 0.25) is 0 Å². The maximum Gasteiger partial charge on any atom is 0.260 e. The number of aryl methyl sites for hydroxylation is 1. The molecule has 1 aromatic carbocycles. The molecule has 0 bridgehead atoms. The lowest BCUT2D eigenvalue weighted by atomic mass is 10.2. The van der Waals surface area contributed by atoms with Crippen LogP contribution in [0.1, 0.15) is 17.4 Å². The van der Waals surface area contributed by atoms with Gasteiger partial charge in [0.15, 0.2) is 6.10 Å². The van der Waals surface area contributed by atoms with Gasteiger partial charge in [-0.2, -0.15) is 0 Å². The van der Waals surface area contributed by atoms with Crippen LogP contribution in [0.5, 0.6) is 5.75 Å². The van der Waals surface area contributed by atoms with E-state index in [-0.39, 0.29) is 5.91 Å². The number of carbonyl (C=O) groups excluding carboxylic acids is 1. The minimum absolute atomic E-state index is 0.135. The third-order valence-electron chi connectivity index (χ3n) is 3.01. The van der Waals surface area contributed by atoms with E-state index in [2.05, 4.69) is 11.4 Å². The van der Waals surface area contributed by atoms with Crippen molar-refractivity contribution in [2.24, 2.45) is 0 Å². The van der Waals surface area contributed by atoms with E-state index in [1.165, 1.54) is 4.88 Å². The molecule has 0 aliphatic rings. The Morgan fingerprint density at radius 3 is 2.95 bits per heavy atom. The largest absolute Gasteiger partial charge is 0.479 e. The molecule has 5 heteroatoms. The fraction of sp³-hybridized carbons (Fsp3) is 0.312. The van der Waals surface area contributed by atoms with Crippen LogP contribution in [0.25, 0.3) is 0 Å². The number of nitrogens with one attached hydrogen (secondary N) is 1. The first-order valence-electron chi connectivity index (χ1n) is 6.79. The van der Waals surface area contributed by atoms with Crippen LogP contribution in [0.2, 0.25) is 5.02 Å². The summed E-state index contributed by atoms with van der Waals surface area (Å²) in [5.41, 5.74) is 1.04. The van der Waals surface area contributed by atoms with Gasteiger partial charge in [-0.1, -0.05) is 23.7 Å². The summed E-state index contributed by atoms with van der Waals surface area (Å²) in [7, 11) is 0. The SMILES string of the molecule is Cc1ccc(Cl)c(OC(C)C(=O)NCCc2cccs2)c1. The van der Waals surface area contributed by atoms with E-state index in [9.17, 15) is 4.79 Å². The van der Waals surface area contributed by atoms with Gasteiger partial charge in [-0.05, 0) is 49.4 Å². The maximum absolute atomic E-state index is 12.0. The lowest BCUT2D eigenvalue weighted by molar-refractivity contribution is -0.127. The summed E-state index contributed by atoms with van der Waals surface area (Å²) >= 11 is 7.75. The summed E-state index contributed by atoms with van der Waals surface area (Å²) in [4.78, 5) is 13.3. The first kappa shape index (κ1) is 15.9. The zero-order valence-electron chi connectivity index (χ0n) is 12.1. The smallest absolute Gasteiger partial charge is 0.260 e. The molecule has 3 nitrogen and oxygen atoms in total. The maximum atomic E-state index is 12.0. The minimum Gasteiger partial charge on any atom is -0.479 e. The van der Waals surface area contributed by atoms with Gasteiger partial charge in [-0.15, -0.1) is 11.3 Å². The molecule has 1 amide bonds. The van der Waals surface area contributed by atoms with E-state index in [4.69, 9.17) is 16.3 Å². The van der Waals surface area contributed by atoms with Crippen LogP contribution in [0, 0.1) is 6.92 Å². The van der Waals surface area contributed by atoms with Crippen molar-refractivity contribution in [1.29, 1.82) is 0 Å². The molecule has 1 N–H and O–H groups in total. The monoisotopic (exact) mass is 323 g/mol. The number of thiophene rings is 1. The van der Waals surface area contributed by atoms with E-state index < -0.39 is 6.10 Å². The number of amides is 1. The van der Waals surface area contributed by atoms with E-state index >= 15 is 0 Å². The van der Waals surface area contributed by atoms with Gasteiger partial charge < -0.3 is 10.1 Å². The predicted molar refractivity (Wildman–Crippen MR) is 87.3 cm³/mol. The molecule has 0 saturated heterocycles. The standard InChI is InChI=1S/C16H18ClNO2S/c1-11-5-6-14(17)15(10-11)20-12(2)16(19)18-8-7-13-4-3-9-21-13/h3-6,9-10,12H,7-8H2,1-2H3,(H,18,19). The number of ether oxygens (including phenoxy) is 1. The topological polar surface area (TPSA) is 38.3 Å². The lowest BCUT2D eigenvalue weighted by Gasteiger charge is -2.16. The molecule has 0 radical (unpaired) electrons. The highest BCUT2D eigenvalue weighted by Crippen LogP contribution is 2.26. The van der Waals surface area contributed by atoms with Crippen LogP contribution in [-0.2, 0) is 11.2 Å². The fourth-order valence-electron chi connectivity index (χ4n) is 1.85. The molecule has 1 atom stereocenters. The van der Waals surface area contributed by atoms with Crippen LogP contribution in [0.3, 0.4) is 0 Å². The second-order valence-electron chi connectivity index (χ2n) is 4.81. The second kappa shape index (κ2) is 7.48. The first-order valence-corrected chi connectivity index (χ1v) is 8.05. The van der Waals surface area contributed by atoms with Crippen LogP contribution in [-0.4, -0.2) is 18.6 Å². The second-order valence-corrected chi connectivity index (χ2v) is 6.25. The lowest BCUT2D eigenvalue weighted by Crippen LogP contribution is -2.37. The van der Waals surface area contributed by atoms with Gasteiger partial charge >= 0.3 is 0 Å². The van der Waals surface area contributed by atoms with Crippen molar-refractivity contribution in [2.45, 2.75) is 26.4 Å². The number of halogens is 1. The summed E-state index contributed by atoms with van der Waals surface area (Å²) in [6.07, 6.45) is 0.258. The summed E-state index contributed by atoms with van der Waals surface area (Å²) in [5.74, 6) is 0.404. The van der Waals surface area contributed by atoms with Crippen LogP contribution in [0.15, 0.2) is 35.7 Å². The normalized spacial score (nSPS) is 12.0. The van der Waals surface area contributed by atoms with Gasteiger partial charge in [-0.25, -0.2) is 0 Å². The number of hydrogen-bond acceptors (Lipinski definition) is 3. The average molecular weight is 324 g/mol. The molecule has 0 aliphatic carbocycles. The summed E-state index contributed by atoms with van der Waals surface area (Å²) in [6.45, 7) is 4.28. The van der Waals surface area contributed by atoms with Crippen molar-refractivity contribution >= 4 is 28.8 Å². The summed E-state index contributed by atoms with van der Waals surface area (Å²) in [6, 6.07) is 9.57. The zero-order valence-corrected chi connectivity index (χ0v) is 13.6. The van der Waals surface area contributed by atoms with Gasteiger partial charge in [0, 0.05) is 11.4 Å². The molecule has 112 valence electrons. The van der Waals surface area contributed by atoms with Crippen molar-refractivity contribution in [2.75, 3.05) is 6.54 Å². The number of hydrogen-bond donors (Lipinski definition) is 1. The molecule has 0 saturated carbocycles. The molecule has 1 unspecified atom stereocenters. The number of carbonyl (C=O) groups is 1. The highest BCUT2D eigenvalue weighted by atomic mass is 35.5. The van der Waals surface area contributed by atoms with Gasteiger partial charge in [-0.3, -0.25) is 4.79 Å². The Bertz CT molecular complexity index is 598. The molecule has 0 aliphatic heterocycles. The van der Waals surface area contributed by atoms with E-state index in [1.807, 2.05) is 30.5 Å². The van der Waals surface area contributed by atoms with E-state index in [1.54, 1.807) is 24.3 Å². The number of rotatable bonds is 6. The van der Waals surface area contributed by atoms with Crippen LogP contribution < -0.4 is 10.1 Å². The Kier molecular flexibility index (Phi) is 5.65. The zero-order chi connectivity index (χ0) is 15.2. The minimum atomic E-state index is -0.576.